The Morgan fingerprint density at radius 2 is 2.12 bits per heavy atom. The average Bonchev–Trinajstić information content (AvgIpc) is 2.38. The second-order valence-electron chi connectivity index (χ2n) is 6.34. The molecule has 0 aromatic rings. The van der Waals surface area contributed by atoms with Crippen LogP contribution in [-0.2, 0) is 0 Å². The highest BCUT2D eigenvalue weighted by Gasteiger charge is 2.36. The third kappa shape index (κ3) is 2.48. The van der Waals surface area contributed by atoms with Crippen LogP contribution >= 0.6 is 0 Å². The van der Waals surface area contributed by atoms with Crippen molar-refractivity contribution in [1.82, 2.24) is 0 Å². The Bertz CT molecular complexity index is 352. The van der Waals surface area contributed by atoms with Gasteiger partial charge >= 0.3 is 0 Å². The summed E-state index contributed by atoms with van der Waals surface area (Å²) < 4.78 is 0. The fourth-order valence-electron chi connectivity index (χ4n) is 3.41. The molecule has 0 spiro atoms. The first-order valence-corrected chi connectivity index (χ1v) is 6.63. The molecule has 2 rings (SSSR count). The molecule has 96 valence electrons. The molecule has 2 nitrogen and oxygen atoms in total. The summed E-state index contributed by atoms with van der Waals surface area (Å²) in [6, 6.07) is 0. The first kappa shape index (κ1) is 12.8. The number of hydrogen-bond donors (Lipinski definition) is 2. The lowest BCUT2D eigenvalue weighted by molar-refractivity contribution is 0.120. The van der Waals surface area contributed by atoms with Crippen LogP contribution in [0.3, 0.4) is 0 Å². The Morgan fingerprint density at radius 3 is 2.76 bits per heavy atom. The Morgan fingerprint density at radius 1 is 1.41 bits per heavy atom. The summed E-state index contributed by atoms with van der Waals surface area (Å²) in [7, 11) is 0. The number of fused-ring (bicyclic) bond motifs is 1. The van der Waals surface area contributed by atoms with Gasteiger partial charge in [-0.15, -0.1) is 0 Å². The van der Waals surface area contributed by atoms with Crippen molar-refractivity contribution < 1.29 is 10.2 Å². The number of aliphatic hydroxyl groups is 2. The van der Waals surface area contributed by atoms with E-state index < -0.39 is 6.10 Å². The van der Waals surface area contributed by atoms with Crippen molar-refractivity contribution in [3.63, 3.8) is 0 Å². The quantitative estimate of drug-likeness (QED) is 0.687. The summed E-state index contributed by atoms with van der Waals surface area (Å²) in [6.45, 7) is 6.77. The normalized spacial score (nSPS) is 36.6. The topological polar surface area (TPSA) is 40.5 Å². The van der Waals surface area contributed by atoms with E-state index in [9.17, 15) is 10.2 Å². The van der Waals surface area contributed by atoms with Crippen molar-refractivity contribution in [1.29, 1.82) is 0 Å². The average molecular weight is 236 g/mol. The SMILES string of the molecule is CC1CC(O)C(CO)=C2CC=CC(C)(C)CC21. The van der Waals surface area contributed by atoms with Crippen LogP contribution in [0.1, 0.15) is 40.0 Å². The van der Waals surface area contributed by atoms with E-state index in [1.54, 1.807) is 0 Å². The summed E-state index contributed by atoms with van der Waals surface area (Å²) in [5.41, 5.74) is 2.40. The van der Waals surface area contributed by atoms with E-state index in [-0.39, 0.29) is 12.0 Å². The van der Waals surface area contributed by atoms with Crippen LogP contribution in [0.2, 0.25) is 0 Å². The van der Waals surface area contributed by atoms with Crippen molar-refractivity contribution in [2.24, 2.45) is 17.3 Å². The highest BCUT2D eigenvalue weighted by atomic mass is 16.3. The van der Waals surface area contributed by atoms with E-state index in [1.165, 1.54) is 5.57 Å². The van der Waals surface area contributed by atoms with Gasteiger partial charge in [0.25, 0.3) is 0 Å². The van der Waals surface area contributed by atoms with E-state index in [0.717, 1.165) is 24.8 Å². The van der Waals surface area contributed by atoms with Crippen molar-refractivity contribution in [3.05, 3.63) is 23.3 Å². The zero-order valence-corrected chi connectivity index (χ0v) is 11.1. The molecule has 0 amide bonds. The maximum Gasteiger partial charge on any atom is 0.0777 e. The van der Waals surface area contributed by atoms with Crippen LogP contribution in [0.4, 0.5) is 0 Å². The van der Waals surface area contributed by atoms with Gasteiger partial charge in [-0.25, -0.2) is 0 Å². The molecule has 3 unspecified atom stereocenters. The van der Waals surface area contributed by atoms with Gasteiger partial charge in [0.1, 0.15) is 0 Å². The van der Waals surface area contributed by atoms with E-state index in [0.29, 0.717) is 11.8 Å². The lowest BCUT2D eigenvalue weighted by atomic mass is 9.69. The Balaban J connectivity index is 2.39. The molecule has 0 heterocycles. The van der Waals surface area contributed by atoms with Crippen LogP contribution in [-0.4, -0.2) is 22.9 Å². The molecule has 2 heteroatoms. The standard InChI is InChI=1S/C15H24O2/c1-10-7-14(17)13(9-16)11-5-4-6-15(2,3)8-12(10)11/h4,6,10,12,14,16-17H,5,7-9H2,1-3H3. The number of allylic oxidation sites excluding steroid dienone is 3. The third-order valence-electron chi connectivity index (χ3n) is 4.37. The second-order valence-corrected chi connectivity index (χ2v) is 6.34. The minimum Gasteiger partial charge on any atom is -0.392 e. The van der Waals surface area contributed by atoms with Gasteiger partial charge in [-0.1, -0.05) is 38.5 Å². The number of rotatable bonds is 1. The first-order valence-electron chi connectivity index (χ1n) is 6.63. The molecule has 17 heavy (non-hydrogen) atoms. The summed E-state index contributed by atoms with van der Waals surface area (Å²) >= 11 is 0. The molecule has 0 fully saturated rings. The highest BCUT2D eigenvalue weighted by molar-refractivity contribution is 5.29. The molecule has 2 aliphatic carbocycles. The maximum atomic E-state index is 10.1. The van der Waals surface area contributed by atoms with Gasteiger partial charge in [-0.3, -0.25) is 0 Å². The van der Waals surface area contributed by atoms with E-state index in [2.05, 4.69) is 32.9 Å². The maximum absolute atomic E-state index is 10.1. The molecule has 0 saturated heterocycles. The van der Waals surface area contributed by atoms with Crippen molar-refractivity contribution in [2.75, 3.05) is 6.61 Å². The smallest absolute Gasteiger partial charge is 0.0777 e. The van der Waals surface area contributed by atoms with E-state index in [4.69, 9.17) is 0 Å². The molecule has 0 bridgehead atoms. The Labute approximate surface area is 104 Å². The lowest BCUT2D eigenvalue weighted by Gasteiger charge is -2.38. The van der Waals surface area contributed by atoms with Gasteiger partial charge in [-0.05, 0) is 42.1 Å². The number of hydrogen-bond acceptors (Lipinski definition) is 2. The molecular weight excluding hydrogens is 212 g/mol. The van der Waals surface area contributed by atoms with Crippen LogP contribution in [0.25, 0.3) is 0 Å². The summed E-state index contributed by atoms with van der Waals surface area (Å²) in [5, 5.41) is 19.5. The molecule has 0 aromatic carbocycles. The highest BCUT2D eigenvalue weighted by Crippen LogP contribution is 2.45. The van der Waals surface area contributed by atoms with Gasteiger partial charge < -0.3 is 10.2 Å². The van der Waals surface area contributed by atoms with Crippen LogP contribution in [0.15, 0.2) is 23.3 Å². The monoisotopic (exact) mass is 236 g/mol. The molecule has 0 radical (unpaired) electrons. The van der Waals surface area contributed by atoms with Crippen LogP contribution in [0.5, 0.6) is 0 Å². The van der Waals surface area contributed by atoms with E-state index >= 15 is 0 Å². The van der Waals surface area contributed by atoms with E-state index in [1.807, 2.05) is 0 Å². The van der Waals surface area contributed by atoms with Gasteiger partial charge in [0.2, 0.25) is 0 Å². The molecule has 3 atom stereocenters. The fourth-order valence-corrected chi connectivity index (χ4v) is 3.41. The minimum absolute atomic E-state index is 0.00793. The third-order valence-corrected chi connectivity index (χ3v) is 4.37. The van der Waals surface area contributed by atoms with Crippen LogP contribution < -0.4 is 0 Å². The predicted molar refractivity (Wildman–Crippen MR) is 69.5 cm³/mol. The molecule has 2 aliphatic rings. The largest absolute Gasteiger partial charge is 0.392 e. The van der Waals surface area contributed by atoms with Gasteiger partial charge in [0, 0.05) is 0 Å². The summed E-state index contributed by atoms with van der Waals surface area (Å²) in [6.07, 6.45) is 6.86. The Hall–Kier alpha value is -0.600. The molecule has 0 aliphatic heterocycles. The molecule has 0 saturated carbocycles. The second kappa shape index (κ2) is 4.58. The number of aliphatic hydroxyl groups excluding tert-OH is 2. The van der Waals surface area contributed by atoms with Crippen molar-refractivity contribution >= 4 is 0 Å². The minimum atomic E-state index is -0.434. The summed E-state index contributed by atoms with van der Waals surface area (Å²) in [5.74, 6) is 1.03. The first-order chi connectivity index (χ1) is 7.94. The predicted octanol–water partition coefficient (Wildman–Crippen LogP) is 2.67. The van der Waals surface area contributed by atoms with Gasteiger partial charge in [0.15, 0.2) is 0 Å². The van der Waals surface area contributed by atoms with Gasteiger partial charge in [0.05, 0.1) is 12.7 Å². The molecular formula is C15H24O2. The molecule has 0 aromatic heterocycles. The van der Waals surface area contributed by atoms with Crippen LogP contribution in [0, 0.1) is 17.3 Å². The molecule has 2 N–H and O–H groups in total. The Kier molecular flexibility index (Phi) is 3.46. The summed E-state index contributed by atoms with van der Waals surface area (Å²) in [4.78, 5) is 0. The van der Waals surface area contributed by atoms with Gasteiger partial charge in [-0.2, -0.15) is 0 Å². The van der Waals surface area contributed by atoms with Crippen molar-refractivity contribution in [3.8, 4) is 0 Å². The lowest BCUT2D eigenvalue weighted by Crippen LogP contribution is -2.32. The zero-order chi connectivity index (χ0) is 12.6. The zero-order valence-electron chi connectivity index (χ0n) is 11.1. The van der Waals surface area contributed by atoms with Crippen molar-refractivity contribution in [2.45, 2.75) is 46.1 Å². The fraction of sp³-hybridized carbons (Fsp3) is 0.733.